The molecule has 0 aliphatic carbocycles. The zero-order valence-electron chi connectivity index (χ0n) is 7.76. The van der Waals surface area contributed by atoms with Crippen molar-refractivity contribution in [3.8, 4) is 0 Å². The third-order valence-corrected chi connectivity index (χ3v) is 2.22. The molecule has 0 aliphatic heterocycles. The Kier molecular flexibility index (Phi) is 4.85. The van der Waals surface area contributed by atoms with Crippen LogP contribution in [0.15, 0.2) is 0 Å². The molecule has 72 valence electrons. The second kappa shape index (κ2) is 5.11. The first-order valence-electron chi connectivity index (χ1n) is 4.31. The van der Waals surface area contributed by atoms with Gasteiger partial charge in [-0.3, -0.25) is 4.79 Å². The number of nitrogens with two attached hydrogens (primary N) is 1. The van der Waals surface area contributed by atoms with Crippen LogP contribution >= 0.6 is 0 Å². The topological polar surface area (TPSA) is 75.3 Å². The van der Waals surface area contributed by atoms with Gasteiger partial charge in [-0.25, -0.2) is 0 Å². The monoisotopic (exact) mass is 174 g/mol. The number of carbonyl (C=O) groups is 1. The predicted octanol–water partition coefficient (Wildman–Crippen LogP) is 0.178. The minimum atomic E-state index is -0.791. The second-order valence-corrected chi connectivity index (χ2v) is 2.81. The van der Waals surface area contributed by atoms with E-state index >= 15 is 0 Å². The van der Waals surface area contributed by atoms with Gasteiger partial charge in [-0.15, -0.1) is 0 Å². The maximum Gasteiger partial charge on any atom is 0.323 e. The number of carboxylic acids is 1. The fraction of sp³-hybridized carbons (Fsp3) is 0.875. The first-order valence-corrected chi connectivity index (χ1v) is 4.31. The van der Waals surface area contributed by atoms with Crippen LogP contribution in [0, 0.1) is 0 Å². The van der Waals surface area contributed by atoms with E-state index in [1.54, 1.807) is 0 Å². The van der Waals surface area contributed by atoms with E-state index in [4.69, 9.17) is 10.8 Å². The molecule has 0 aromatic carbocycles. The molecule has 0 aromatic rings. The Hall–Kier alpha value is -0.610. The smallest absolute Gasteiger partial charge is 0.323 e. The maximum absolute atomic E-state index is 10.9. The van der Waals surface area contributed by atoms with Crippen molar-refractivity contribution in [2.75, 3.05) is 13.1 Å². The fourth-order valence-electron chi connectivity index (χ4n) is 1.19. The molecule has 0 aliphatic rings. The number of hydrogen-bond acceptors (Lipinski definition) is 3. The lowest BCUT2D eigenvalue weighted by molar-refractivity contribution is -0.145. The third-order valence-electron chi connectivity index (χ3n) is 2.22. The molecular weight excluding hydrogens is 156 g/mol. The van der Waals surface area contributed by atoms with Crippen molar-refractivity contribution >= 4 is 5.97 Å². The van der Waals surface area contributed by atoms with E-state index in [0.29, 0.717) is 25.9 Å². The summed E-state index contributed by atoms with van der Waals surface area (Å²) in [6.45, 7) is 4.74. The van der Waals surface area contributed by atoms with Crippen LogP contribution in [-0.2, 0) is 4.79 Å². The standard InChI is InChI=1S/C8H18N2O2/c1-3-8(4-2,7(11)12)10-6-5-9/h10H,3-6,9H2,1-2H3,(H,11,12). The van der Waals surface area contributed by atoms with E-state index in [-0.39, 0.29) is 0 Å². The van der Waals surface area contributed by atoms with Crippen LogP contribution in [0.3, 0.4) is 0 Å². The summed E-state index contributed by atoms with van der Waals surface area (Å²) in [7, 11) is 0. The van der Waals surface area contributed by atoms with Gasteiger partial charge in [0.05, 0.1) is 0 Å². The van der Waals surface area contributed by atoms with Crippen molar-refractivity contribution in [2.24, 2.45) is 5.73 Å². The molecule has 0 bridgehead atoms. The van der Waals surface area contributed by atoms with Gasteiger partial charge in [-0.2, -0.15) is 0 Å². The highest BCUT2D eigenvalue weighted by Crippen LogP contribution is 2.14. The molecule has 0 radical (unpaired) electrons. The van der Waals surface area contributed by atoms with Gasteiger partial charge in [0.1, 0.15) is 5.54 Å². The Bertz CT molecular complexity index is 144. The highest BCUT2D eigenvalue weighted by molar-refractivity contribution is 5.78. The summed E-state index contributed by atoms with van der Waals surface area (Å²) in [6, 6.07) is 0. The highest BCUT2D eigenvalue weighted by atomic mass is 16.4. The van der Waals surface area contributed by atoms with E-state index in [1.807, 2.05) is 13.8 Å². The molecule has 0 saturated heterocycles. The van der Waals surface area contributed by atoms with Gasteiger partial charge in [0.15, 0.2) is 0 Å². The molecule has 0 heterocycles. The molecule has 0 spiro atoms. The van der Waals surface area contributed by atoms with E-state index in [2.05, 4.69) is 5.32 Å². The summed E-state index contributed by atoms with van der Waals surface area (Å²) in [5, 5.41) is 11.9. The molecule has 12 heavy (non-hydrogen) atoms. The first kappa shape index (κ1) is 11.4. The molecule has 0 rings (SSSR count). The Balaban J connectivity index is 4.25. The molecular formula is C8H18N2O2. The first-order chi connectivity index (χ1) is 5.63. The van der Waals surface area contributed by atoms with Crippen LogP contribution in [0.2, 0.25) is 0 Å². The lowest BCUT2D eigenvalue weighted by Gasteiger charge is -2.27. The predicted molar refractivity (Wildman–Crippen MR) is 48.0 cm³/mol. The average molecular weight is 174 g/mol. The number of nitrogens with one attached hydrogen (secondary N) is 1. The number of hydrogen-bond donors (Lipinski definition) is 3. The molecule has 0 fully saturated rings. The van der Waals surface area contributed by atoms with Gasteiger partial charge in [0.2, 0.25) is 0 Å². The molecule has 0 aromatic heterocycles. The Labute approximate surface area is 73.1 Å². The van der Waals surface area contributed by atoms with Gasteiger partial charge in [-0.05, 0) is 12.8 Å². The molecule has 0 amide bonds. The number of aliphatic carboxylic acids is 1. The fourth-order valence-corrected chi connectivity index (χ4v) is 1.19. The van der Waals surface area contributed by atoms with Crippen molar-refractivity contribution in [1.29, 1.82) is 0 Å². The summed E-state index contributed by atoms with van der Waals surface area (Å²) in [4.78, 5) is 10.9. The number of carboxylic acid groups (broad SMARTS) is 1. The van der Waals surface area contributed by atoms with Gasteiger partial charge in [0.25, 0.3) is 0 Å². The Morgan fingerprint density at radius 1 is 1.50 bits per heavy atom. The van der Waals surface area contributed by atoms with Gasteiger partial charge >= 0.3 is 5.97 Å². The van der Waals surface area contributed by atoms with Crippen LogP contribution in [0.5, 0.6) is 0 Å². The van der Waals surface area contributed by atoms with E-state index in [0.717, 1.165) is 0 Å². The summed E-state index contributed by atoms with van der Waals surface area (Å²) in [5.41, 5.74) is 4.51. The third kappa shape index (κ3) is 2.46. The lowest BCUT2D eigenvalue weighted by Crippen LogP contribution is -2.52. The van der Waals surface area contributed by atoms with Gasteiger partial charge in [-0.1, -0.05) is 13.8 Å². The molecule has 0 unspecified atom stereocenters. The molecule has 4 nitrogen and oxygen atoms in total. The largest absolute Gasteiger partial charge is 0.480 e. The van der Waals surface area contributed by atoms with Gasteiger partial charge in [0, 0.05) is 13.1 Å². The van der Waals surface area contributed by atoms with Crippen molar-refractivity contribution in [3.63, 3.8) is 0 Å². The zero-order valence-corrected chi connectivity index (χ0v) is 7.76. The normalized spacial score (nSPS) is 11.6. The van der Waals surface area contributed by atoms with Crippen LogP contribution in [0.25, 0.3) is 0 Å². The van der Waals surface area contributed by atoms with Gasteiger partial charge < -0.3 is 16.2 Å². The van der Waals surface area contributed by atoms with Crippen LogP contribution in [0.1, 0.15) is 26.7 Å². The summed E-state index contributed by atoms with van der Waals surface area (Å²) in [5.74, 6) is -0.791. The minimum Gasteiger partial charge on any atom is -0.480 e. The summed E-state index contributed by atoms with van der Waals surface area (Å²) < 4.78 is 0. The van der Waals surface area contributed by atoms with Crippen LogP contribution in [-0.4, -0.2) is 29.7 Å². The molecule has 0 saturated carbocycles. The van der Waals surface area contributed by atoms with Crippen molar-refractivity contribution in [3.05, 3.63) is 0 Å². The quantitative estimate of drug-likeness (QED) is 0.537. The average Bonchev–Trinajstić information content (AvgIpc) is 2.07. The summed E-state index contributed by atoms with van der Waals surface area (Å²) >= 11 is 0. The number of rotatable bonds is 6. The van der Waals surface area contributed by atoms with Crippen molar-refractivity contribution in [2.45, 2.75) is 32.2 Å². The molecule has 0 atom stereocenters. The van der Waals surface area contributed by atoms with Crippen molar-refractivity contribution < 1.29 is 9.90 Å². The van der Waals surface area contributed by atoms with E-state index in [9.17, 15) is 4.79 Å². The Morgan fingerprint density at radius 2 is 2.00 bits per heavy atom. The van der Waals surface area contributed by atoms with Crippen LogP contribution in [0.4, 0.5) is 0 Å². The maximum atomic E-state index is 10.9. The van der Waals surface area contributed by atoms with Crippen molar-refractivity contribution in [1.82, 2.24) is 5.32 Å². The van der Waals surface area contributed by atoms with E-state index in [1.165, 1.54) is 0 Å². The molecule has 4 N–H and O–H groups in total. The highest BCUT2D eigenvalue weighted by Gasteiger charge is 2.33. The SMILES string of the molecule is CCC(CC)(NCCN)C(=O)O. The molecule has 4 heteroatoms. The van der Waals surface area contributed by atoms with Crippen LogP contribution < -0.4 is 11.1 Å². The second-order valence-electron chi connectivity index (χ2n) is 2.81. The minimum absolute atomic E-state index is 0.467. The zero-order chi connectivity index (χ0) is 9.61. The summed E-state index contributed by atoms with van der Waals surface area (Å²) in [6.07, 6.45) is 1.16. The lowest BCUT2D eigenvalue weighted by atomic mass is 9.93. The van der Waals surface area contributed by atoms with E-state index < -0.39 is 11.5 Å². The Morgan fingerprint density at radius 3 is 2.25 bits per heavy atom.